The van der Waals surface area contributed by atoms with Crippen LogP contribution < -0.4 is 5.32 Å². The molecule has 0 fully saturated rings. The predicted octanol–water partition coefficient (Wildman–Crippen LogP) is 4.29. The SMILES string of the molecule is Cc1cc(F)ccc1NC(=O)c1cc(Br)ccc1F. The fourth-order valence-electron chi connectivity index (χ4n) is 1.63. The van der Waals surface area contributed by atoms with Crippen molar-refractivity contribution in [3.8, 4) is 0 Å². The molecule has 0 saturated carbocycles. The number of halogens is 3. The van der Waals surface area contributed by atoms with Crippen molar-refractivity contribution in [1.29, 1.82) is 0 Å². The van der Waals surface area contributed by atoms with Gasteiger partial charge >= 0.3 is 0 Å². The molecule has 1 amide bonds. The third kappa shape index (κ3) is 3.17. The second-order valence-electron chi connectivity index (χ2n) is 4.04. The van der Waals surface area contributed by atoms with Gasteiger partial charge in [0.1, 0.15) is 11.6 Å². The molecule has 0 heterocycles. The van der Waals surface area contributed by atoms with Crippen LogP contribution in [0.4, 0.5) is 14.5 Å². The molecule has 0 aliphatic heterocycles. The summed E-state index contributed by atoms with van der Waals surface area (Å²) in [5, 5.41) is 2.56. The average molecular weight is 326 g/mol. The van der Waals surface area contributed by atoms with Gasteiger partial charge in [0, 0.05) is 10.2 Å². The van der Waals surface area contributed by atoms with E-state index in [0.717, 1.165) is 0 Å². The Morgan fingerprint density at radius 1 is 1.16 bits per heavy atom. The first-order valence-corrected chi connectivity index (χ1v) is 6.29. The molecule has 2 nitrogen and oxygen atoms in total. The Balaban J connectivity index is 2.28. The summed E-state index contributed by atoms with van der Waals surface area (Å²) in [5.41, 5.74) is 0.952. The van der Waals surface area contributed by atoms with Gasteiger partial charge in [0.15, 0.2) is 0 Å². The predicted molar refractivity (Wildman–Crippen MR) is 73.2 cm³/mol. The van der Waals surface area contributed by atoms with E-state index in [1.165, 1.54) is 36.4 Å². The lowest BCUT2D eigenvalue weighted by molar-refractivity contribution is 0.102. The lowest BCUT2D eigenvalue weighted by Gasteiger charge is -2.09. The van der Waals surface area contributed by atoms with Crippen molar-refractivity contribution in [2.24, 2.45) is 0 Å². The van der Waals surface area contributed by atoms with E-state index < -0.39 is 11.7 Å². The summed E-state index contributed by atoms with van der Waals surface area (Å²) in [7, 11) is 0. The van der Waals surface area contributed by atoms with Gasteiger partial charge in [-0.05, 0) is 48.9 Å². The summed E-state index contributed by atoms with van der Waals surface area (Å²) in [4.78, 5) is 12.0. The zero-order valence-electron chi connectivity index (χ0n) is 10.0. The summed E-state index contributed by atoms with van der Waals surface area (Å²) in [6.45, 7) is 1.66. The number of hydrogen-bond acceptors (Lipinski definition) is 1. The van der Waals surface area contributed by atoms with E-state index >= 15 is 0 Å². The molecular weight excluding hydrogens is 316 g/mol. The number of benzene rings is 2. The molecule has 0 atom stereocenters. The molecule has 0 spiro atoms. The summed E-state index contributed by atoms with van der Waals surface area (Å²) < 4.78 is 27.1. The van der Waals surface area contributed by atoms with Crippen molar-refractivity contribution in [1.82, 2.24) is 0 Å². The molecule has 2 aromatic rings. The molecule has 98 valence electrons. The van der Waals surface area contributed by atoms with E-state index in [0.29, 0.717) is 15.7 Å². The van der Waals surface area contributed by atoms with Crippen LogP contribution in [-0.2, 0) is 0 Å². The topological polar surface area (TPSA) is 29.1 Å². The molecule has 0 unspecified atom stereocenters. The van der Waals surface area contributed by atoms with Gasteiger partial charge in [-0.2, -0.15) is 0 Å². The summed E-state index contributed by atoms with van der Waals surface area (Å²) in [6, 6.07) is 8.08. The highest BCUT2D eigenvalue weighted by molar-refractivity contribution is 9.10. The molecule has 5 heteroatoms. The normalized spacial score (nSPS) is 10.3. The molecule has 0 aliphatic carbocycles. The van der Waals surface area contributed by atoms with Crippen molar-refractivity contribution in [3.05, 3.63) is 63.6 Å². The van der Waals surface area contributed by atoms with Crippen LogP contribution >= 0.6 is 15.9 Å². The van der Waals surface area contributed by atoms with Gasteiger partial charge in [-0.1, -0.05) is 15.9 Å². The van der Waals surface area contributed by atoms with Crippen LogP contribution in [-0.4, -0.2) is 5.91 Å². The second kappa shape index (κ2) is 5.48. The standard InChI is InChI=1S/C14H10BrF2NO/c1-8-6-10(16)3-5-13(8)18-14(19)11-7-9(15)2-4-12(11)17/h2-7H,1H3,(H,18,19). The van der Waals surface area contributed by atoms with Crippen LogP contribution in [0.2, 0.25) is 0 Å². The molecule has 2 rings (SSSR count). The maximum Gasteiger partial charge on any atom is 0.258 e. The number of anilines is 1. The Morgan fingerprint density at radius 3 is 2.58 bits per heavy atom. The lowest BCUT2D eigenvalue weighted by atomic mass is 10.1. The number of carbonyl (C=O) groups is 1. The number of amides is 1. The van der Waals surface area contributed by atoms with Gasteiger partial charge in [0.25, 0.3) is 5.91 Å². The van der Waals surface area contributed by atoms with Gasteiger partial charge < -0.3 is 5.32 Å². The zero-order valence-corrected chi connectivity index (χ0v) is 11.6. The first kappa shape index (κ1) is 13.7. The highest BCUT2D eigenvalue weighted by Crippen LogP contribution is 2.20. The van der Waals surface area contributed by atoms with Crippen molar-refractivity contribution in [3.63, 3.8) is 0 Å². The largest absolute Gasteiger partial charge is 0.322 e. The molecule has 0 radical (unpaired) electrons. The zero-order chi connectivity index (χ0) is 14.0. The maximum absolute atomic E-state index is 13.5. The van der Waals surface area contributed by atoms with Crippen molar-refractivity contribution in [2.45, 2.75) is 6.92 Å². The van der Waals surface area contributed by atoms with Gasteiger partial charge in [-0.15, -0.1) is 0 Å². The monoisotopic (exact) mass is 325 g/mol. The first-order valence-electron chi connectivity index (χ1n) is 5.50. The molecule has 1 N–H and O–H groups in total. The Hall–Kier alpha value is -1.75. The Kier molecular flexibility index (Phi) is 3.95. The summed E-state index contributed by atoms with van der Waals surface area (Å²) in [5.74, 6) is -1.57. The van der Waals surface area contributed by atoms with Gasteiger partial charge in [-0.25, -0.2) is 8.78 Å². The highest BCUT2D eigenvalue weighted by atomic mass is 79.9. The van der Waals surface area contributed by atoms with E-state index in [1.807, 2.05) is 0 Å². The Bertz CT molecular complexity index is 643. The molecule has 2 aromatic carbocycles. The molecule has 0 saturated heterocycles. The van der Waals surface area contributed by atoms with E-state index in [4.69, 9.17) is 0 Å². The number of hydrogen-bond donors (Lipinski definition) is 1. The minimum Gasteiger partial charge on any atom is -0.322 e. The minimum atomic E-state index is -0.611. The Labute approximate surface area is 117 Å². The van der Waals surface area contributed by atoms with Gasteiger partial charge in [-0.3, -0.25) is 4.79 Å². The van der Waals surface area contributed by atoms with Crippen molar-refractivity contribution >= 4 is 27.5 Å². The molecular formula is C14H10BrF2NO. The van der Waals surface area contributed by atoms with Crippen LogP contribution in [0.15, 0.2) is 40.9 Å². The number of aryl methyl sites for hydroxylation is 1. The van der Waals surface area contributed by atoms with Gasteiger partial charge in [0.2, 0.25) is 0 Å². The lowest BCUT2D eigenvalue weighted by Crippen LogP contribution is -2.14. The summed E-state index contributed by atoms with van der Waals surface area (Å²) >= 11 is 3.18. The maximum atomic E-state index is 13.5. The smallest absolute Gasteiger partial charge is 0.258 e. The number of nitrogens with one attached hydrogen (secondary N) is 1. The number of carbonyl (C=O) groups excluding carboxylic acids is 1. The molecule has 0 aliphatic rings. The summed E-state index contributed by atoms with van der Waals surface area (Å²) in [6.07, 6.45) is 0. The average Bonchev–Trinajstić information content (AvgIpc) is 2.35. The van der Waals surface area contributed by atoms with Crippen molar-refractivity contribution in [2.75, 3.05) is 5.32 Å². The first-order chi connectivity index (χ1) is 8.97. The number of rotatable bonds is 2. The third-order valence-corrected chi connectivity index (χ3v) is 3.10. The fraction of sp³-hybridized carbons (Fsp3) is 0.0714. The van der Waals surface area contributed by atoms with E-state index in [9.17, 15) is 13.6 Å². The van der Waals surface area contributed by atoms with Crippen LogP contribution in [0.3, 0.4) is 0 Å². The molecule has 0 aromatic heterocycles. The third-order valence-electron chi connectivity index (χ3n) is 2.61. The van der Waals surface area contributed by atoms with Crippen LogP contribution in [0.25, 0.3) is 0 Å². The van der Waals surface area contributed by atoms with Gasteiger partial charge in [0.05, 0.1) is 5.56 Å². The fourth-order valence-corrected chi connectivity index (χ4v) is 1.99. The van der Waals surface area contributed by atoms with E-state index in [-0.39, 0.29) is 11.4 Å². The van der Waals surface area contributed by atoms with E-state index in [1.54, 1.807) is 6.92 Å². The molecule has 19 heavy (non-hydrogen) atoms. The quantitative estimate of drug-likeness (QED) is 0.876. The van der Waals surface area contributed by atoms with Crippen LogP contribution in [0.1, 0.15) is 15.9 Å². The molecule has 0 bridgehead atoms. The minimum absolute atomic E-state index is 0.0712. The van der Waals surface area contributed by atoms with Crippen molar-refractivity contribution < 1.29 is 13.6 Å². The highest BCUT2D eigenvalue weighted by Gasteiger charge is 2.13. The Morgan fingerprint density at radius 2 is 1.89 bits per heavy atom. The second-order valence-corrected chi connectivity index (χ2v) is 4.95. The van der Waals surface area contributed by atoms with Crippen LogP contribution in [0.5, 0.6) is 0 Å². The van der Waals surface area contributed by atoms with Crippen LogP contribution in [0, 0.1) is 18.6 Å². The van der Waals surface area contributed by atoms with E-state index in [2.05, 4.69) is 21.2 Å².